The zero-order valence-electron chi connectivity index (χ0n) is 24.5. The van der Waals surface area contributed by atoms with Crippen LogP contribution in [0.1, 0.15) is 59.4 Å². The molecule has 2 aromatic carbocycles. The van der Waals surface area contributed by atoms with E-state index in [4.69, 9.17) is 9.47 Å². The van der Waals surface area contributed by atoms with E-state index in [0.717, 1.165) is 18.4 Å². The van der Waals surface area contributed by atoms with Gasteiger partial charge < -0.3 is 19.9 Å². The summed E-state index contributed by atoms with van der Waals surface area (Å²) in [6.07, 6.45) is 1.45. The van der Waals surface area contributed by atoms with E-state index >= 15 is 0 Å². The molecule has 0 aliphatic carbocycles. The number of methoxy groups -OCH3 is 1. The first-order chi connectivity index (χ1) is 18.8. The van der Waals surface area contributed by atoms with Gasteiger partial charge in [0.1, 0.15) is 11.4 Å². The molecule has 3 unspecified atom stereocenters. The van der Waals surface area contributed by atoms with E-state index in [0.29, 0.717) is 25.1 Å². The fraction of sp³-hybridized carbons (Fsp3) is 0.567. The van der Waals surface area contributed by atoms with Gasteiger partial charge in [0, 0.05) is 24.7 Å². The minimum absolute atomic E-state index is 0.0807. The summed E-state index contributed by atoms with van der Waals surface area (Å²) in [4.78, 5) is 15.0. The first-order valence-corrected chi connectivity index (χ1v) is 15.4. The predicted molar refractivity (Wildman–Crippen MR) is 156 cm³/mol. The second-order valence-electron chi connectivity index (χ2n) is 11.7. The summed E-state index contributed by atoms with van der Waals surface area (Å²) in [5, 5.41) is 14.3. The number of sulfonamides is 1. The molecule has 1 aliphatic heterocycles. The number of aliphatic hydroxyl groups excluding tert-OH is 1. The normalized spacial score (nSPS) is 20.5. The SMILES string of the molecule is COc1ccc(S(=O)(=O)NC(C)CC2CCC(C)N2C[C@@H](O)[C@H](Cc2ccccc2)NC(=O)OC(C)(C)C)cc1. The van der Waals surface area contributed by atoms with Crippen LogP contribution >= 0.6 is 0 Å². The van der Waals surface area contributed by atoms with Gasteiger partial charge in [-0.3, -0.25) is 4.90 Å². The van der Waals surface area contributed by atoms with Crippen LogP contribution in [0.4, 0.5) is 4.79 Å². The zero-order chi connectivity index (χ0) is 29.5. The number of β-amino-alcohol motifs (C(OH)–C–C–N with tert-alkyl or cyclic N) is 1. The van der Waals surface area contributed by atoms with Crippen LogP contribution in [0.25, 0.3) is 0 Å². The summed E-state index contributed by atoms with van der Waals surface area (Å²) in [6, 6.07) is 15.4. The molecular weight excluding hydrogens is 530 g/mol. The van der Waals surface area contributed by atoms with Gasteiger partial charge in [-0.05, 0) is 90.1 Å². The molecule has 3 rings (SSSR count). The number of carbonyl (C=O) groups excluding carboxylic acids is 1. The molecular formula is C30H45N3O6S. The van der Waals surface area contributed by atoms with Crippen molar-refractivity contribution in [1.82, 2.24) is 14.9 Å². The van der Waals surface area contributed by atoms with Crippen LogP contribution in [-0.4, -0.2) is 74.0 Å². The number of hydrogen-bond donors (Lipinski definition) is 3. The molecule has 1 fully saturated rings. The summed E-state index contributed by atoms with van der Waals surface area (Å²) in [7, 11) is -2.16. The molecule has 0 radical (unpaired) electrons. The Hall–Kier alpha value is -2.66. The average Bonchev–Trinajstić information content (AvgIpc) is 3.21. The van der Waals surface area contributed by atoms with Gasteiger partial charge in [0.25, 0.3) is 0 Å². The van der Waals surface area contributed by atoms with E-state index in [-0.39, 0.29) is 23.0 Å². The first kappa shape index (κ1) is 31.9. The molecule has 0 aromatic heterocycles. The van der Waals surface area contributed by atoms with Crippen LogP contribution in [0, 0.1) is 0 Å². The largest absolute Gasteiger partial charge is 0.497 e. The lowest BCUT2D eigenvalue weighted by molar-refractivity contribution is 0.0313. The molecule has 2 aromatic rings. The van der Waals surface area contributed by atoms with E-state index < -0.39 is 33.9 Å². The van der Waals surface area contributed by atoms with Crippen molar-refractivity contribution < 1.29 is 27.8 Å². The van der Waals surface area contributed by atoms with E-state index in [2.05, 4.69) is 21.9 Å². The Morgan fingerprint density at radius 2 is 1.75 bits per heavy atom. The number of aliphatic hydroxyl groups is 1. The van der Waals surface area contributed by atoms with Gasteiger partial charge >= 0.3 is 6.09 Å². The van der Waals surface area contributed by atoms with Gasteiger partial charge in [-0.25, -0.2) is 17.9 Å². The summed E-state index contributed by atoms with van der Waals surface area (Å²) >= 11 is 0. The highest BCUT2D eigenvalue weighted by atomic mass is 32.2. The summed E-state index contributed by atoms with van der Waals surface area (Å²) in [5.74, 6) is 0.591. The molecule has 0 bridgehead atoms. The molecule has 0 spiro atoms. The molecule has 1 heterocycles. The van der Waals surface area contributed by atoms with Crippen molar-refractivity contribution in [3.63, 3.8) is 0 Å². The van der Waals surface area contributed by atoms with Gasteiger partial charge in [0.05, 0.1) is 24.2 Å². The molecule has 40 heavy (non-hydrogen) atoms. The molecule has 3 N–H and O–H groups in total. The van der Waals surface area contributed by atoms with Crippen LogP contribution in [0.2, 0.25) is 0 Å². The van der Waals surface area contributed by atoms with Crippen LogP contribution in [0.5, 0.6) is 5.75 Å². The maximum absolute atomic E-state index is 12.9. The topological polar surface area (TPSA) is 117 Å². The fourth-order valence-electron chi connectivity index (χ4n) is 5.20. The van der Waals surface area contributed by atoms with Crippen molar-refractivity contribution in [2.24, 2.45) is 0 Å². The van der Waals surface area contributed by atoms with Crippen molar-refractivity contribution in [2.45, 2.75) is 101 Å². The number of benzene rings is 2. The third kappa shape index (κ3) is 9.47. The second-order valence-corrected chi connectivity index (χ2v) is 13.4. The lowest BCUT2D eigenvalue weighted by Gasteiger charge is -2.35. The Morgan fingerprint density at radius 1 is 1.10 bits per heavy atom. The number of rotatable bonds is 12. The third-order valence-electron chi connectivity index (χ3n) is 7.17. The number of alkyl carbamates (subject to hydrolysis) is 1. The van der Waals surface area contributed by atoms with Crippen LogP contribution < -0.4 is 14.8 Å². The highest BCUT2D eigenvalue weighted by Gasteiger charge is 2.36. The van der Waals surface area contributed by atoms with Crippen molar-refractivity contribution in [3.05, 3.63) is 60.2 Å². The van der Waals surface area contributed by atoms with E-state index in [1.165, 1.54) is 19.2 Å². The fourth-order valence-corrected chi connectivity index (χ4v) is 6.46. The molecule has 222 valence electrons. The molecule has 1 saturated heterocycles. The molecule has 9 nitrogen and oxygen atoms in total. The molecule has 10 heteroatoms. The second kappa shape index (κ2) is 13.8. The smallest absolute Gasteiger partial charge is 0.407 e. The van der Waals surface area contributed by atoms with Gasteiger partial charge in [-0.1, -0.05) is 30.3 Å². The number of hydrogen-bond acceptors (Lipinski definition) is 7. The Bertz CT molecular complexity index is 1180. The summed E-state index contributed by atoms with van der Waals surface area (Å²) < 4.78 is 39.3. The number of ether oxygens (including phenoxy) is 2. The maximum Gasteiger partial charge on any atom is 0.407 e. The molecule has 1 aliphatic rings. The first-order valence-electron chi connectivity index (χ1n) is 13.9. The zero-order valence-corrected chi connectivity index (χ0v) is 25.3. The highest BCUT2D eigenvalue weighted by Crippen LogP contribution is 2.28. The van der Waals surface area contributed by atoms with Gasteiger partial charge in [-0.15, -0.1) is 0 Å². The Labute approximate surface area is 239 Å². The van der Waals surface area contributed by atoms with E-state index in [1.807, 2.05) is 37.3 Å². The lowest BCUT2D eigenvalue weighted by atomic mass is 10.00. The van der Waals surface area contributed by atoms with Crippen molar-refractivity contribution in [1.29, 1.82) is 0 Å². The molecule has 1 amide bonds. The highest BCUT2D eigenvalue weighted by molar-refractivity contribution is 7.89. The Kier molecular flexibility index (Phi) is 11.0. The van der Waals surface area contributed by atoms with Crippen molar-refractivity contribution in [3.8, 4) is 5.75 Å². The van der Waals surface area contributed by atoms with E-state index in [9.17, 15) is 18.3 Å². The van der Waals surface area contributed by atoms with Gasteiger partial charge in [-0.2, -0.15) is 0 Å². The Morgan fingerprint density at radius 3 is 2.35 bits per heavy atom. The van der Waals surface area contributed by atoms with Crippen LogP contribution in [0.15, 0.2) is 59.5 Å². The number of nitrogens with one attached hydrogen (secondary N) is 2. The third-order valence-corrected chi connectivity index (χ3v) is 8.77. The quantitative estimate of drug-likeness (QED) is 0.349. The number of amides is 1. The molecule has 0 saturated carbocycles. The predicted octanol–water partition coefficient (Wildman–Crippen LogP) is 4.10. The number of likely N-dealkylation sites (tertiary alicyclic amines) is 1. The van der Waals surface area contributed by atoms with Gasteiger partial charge in [0.15, 0.2) is 0 Å². The molecule has 5 atom stereocenters. The summed E-state index contributed by atoms with van der Waals surface area (Å²) in [5.41, 5.74) is 0.339. The maximum atomic E-state index is 12.9. The van der Waals surface area contributed by atoms with Crippen LogP contribution in [0.3, 0.4) is 0 Å². The Balaban J connectivity index is 1.67. The monoisotopic (exact) mass is 575 g/mol. The number of carbonyl (C=O) groups is 1. The summed E-state index contributed by atoms with van der Waals surface area (Å²) in [6.45, 7) is 9.73. The van der Waals surface area contributed by atoms with Gasteiger partial charge in [0.2, 0.25) is 10.0 Å². The van der Waals surface area contributed by atoms with E-state index in [1.54, 1.807) is 32.9 Å². The average molecular weight is 576 g/mol. The number of nitrogens with zero attached hydrogens (tertiary/aromatic N) is 1. The van der Waals surface area contributed by atoms with Crippen LogP contribution in [-0.2, 0) is 21.2 Å². The van der Waals surface area contributed by atoms with Crippen molar-refractivity contribution >= 4 is 16.1 Å². The lowest BCUT2D eigenvalue weighted by Crippen LogP contribution is -2.52. The minimum atomic E-state index is -3.69. The minimum Gasteiger partial charge on any atom is -0.497 e. The van der Waals surface area contributed by atoms with Crippen molar-refractivity contribution in [2.75, 3.05) is 13.7 Å². The standard InChI is InChI=1S/C30H45N3O6S/c1-21(32-40(36,37)26-16-14-25(38-6)15-17-26)18-24-13-12-22(2)33(24)20-28(34)27(19-23-10-8-7-9-11-23)31-29(35)39-30(3,4)5/h7-11,14-17,21-22,24,27-28,32,34H,12-13,18-20H2,1-6H3,(H,31,35)/t21?,22?,24?,27-,28+/m0/s1.